The molecule has 0 saturated heterocycles. The van der Waals surface area contributed by atoms with Crippen LogP contribution in [0.25, 0.3) is 0 Å². The summed E-state index contributed by atoms with van der Waals surface area (Å²) in [6.07, 6.45) is 5.01. The van der Waals surface area contributed by atoms with Crippen LogP contribution in [-0.2, 0) is 4.79 Å². The van der Waals surface area contributed by atoms with Gasteiger partial charge in [-0.05, 0) is 20.4 Å². The van der Waals surface area contributed by atoms with Crippen molar-refractivity contribution in [1.82, 2.24) is 10.6 Å². The summed E-state index contributed by atoms with van der Waals surface area (Å²) >= 11 is 0. The first-order valence-electron chi connectivity index (χ1n) is 4.01. The molecule has 0 radical (unpaired) electrons. The second-order valence-corrected chi connectivity index (χ2v) is 3.04. The van der Waals surface area contributed by atoms with Crippen molar-refractivity contribution >= 4 is 5.91 Å². The zero-order valence-electron chi connectivity index (χ0n) is 7.90. The third-order valence-corrected chi connectivity index (χ3v) is 1.54. The van der Waals surface area contributed by atoms with E-state index in [-0.39, 0.29) is 12.5 Å². The Hall–Kier alpha value is -1.01. The maximum atomic E-state index is 11.3. The lowest BCUT2D eigenvalue weighted by atomic mass is 10.1. The molecule has 0 rings (SSSR count). The summed E-state index contributed by atoms with van der Waals surface area (Å²) in [5, 5.41) is 5.67. The molecule has 2 N–H and O–H groups in total. The highest BCUT2D eigenvalue weighted by molar-refractivity contribution is 5.85. The molecule has 0 aromatic rings. The van der Waals surface area contributed by atoms with E-state index in [9.17, 15) is 4.79 Å². The highest BCUT2D eigenvalue weighted by atomic mass is 16.2. The third-order valence-electron chi connectivity index (χ3n) is 1.54. The first kappa shape index (κ1) is 11.0. The highest BCUT2D eigenvalue weighted by Crippen LogP contribution is 2.00. The lowest BCUT2D eigenvalue weighted by molar-refractivity contribution is -0.126. The summed E-state index contributed by atoms with van der Waals surface area (Å²) in [5.41, 5.74) is -0.536. The van der Waals surface area contributed by atoms with Gasteiger partial charge in [-0.2, -0.15) is 0 Å². The Morgan fingerprint density at radius 3 is 2.58 bits per heavy atom. The van der Waals surface area contributed by atoms with E-state index < -0.39 is 5.54 Å². The Bertz CT molecular complexity index is 191. The Balaban J connectivity index is 3.99. The van der Waals surface area contributed by atoms with Crippen LogP contribution in [-0.4, -0.2) is 24.5 Å². The van der Waals surface area contributed by atoms with Gasteiger partial charge in [0.15, 0.2) is 0 Å². The average Bonchev–Trinajstić information content (AvgIpc) is 2.00. The molecule has 0 spiro atoms. The van der Waals surface area contributed by atoms with Crippen LogP contribution in [0.2, 0.25) is 0 Å². The first-order valence-corrected chi connectivity index (χ1v) is 4.01. The number of rotatable bonds is 4. The van der Waals surface area contributed by atoms with Crippen molar-refractivity contribution in [2.24, 2.45) is 0 Å². The summed E-state index contributed by atoms with van der Waals surface area (Å²) in [6.45, 7) is 6.64. The minimum absolute atomic E-state index is 0.0673. The van der Waals surface area contributed by atoms with Crippen molar-refractivity contribution < 1.29 is 4.79 Å². The summed E-state index contributed by atoms with van der Waals surface area (Å²) in [7, 11) is 0. The fourth-order valence-corrected chi connectivity index (χ4v) is 0.875. The number of nitrogens with one attached hydrogen (secondary N) is 2. The molecule has 12 heavy (non-hydrogen) atoms. The van der Waals surface area contributed by atoms with E-state index in [0.717, 1.165) is 6.54 Å². The maximum Gasteiger partial charge on any atom is 0.240 e. The zero-order valence-corrected chi connectivity index (χ0v) is 7.90. The number of hydrogen-bond donors (Lipinski definition) is 2. The van der Waals surface area contributed by atoms with Gasteiger partial charge >= 0.3 is 0 Å². The summed E-state index contributed by atoms with van der Waals surface area (Å²) in [5.74, 6) is 2.29. The van der Waals surface area contributed by atoms with Gasteiger partial charge in [0.2, 0.25) is 5.91 Å². The topological polar surface area (TPSA) is 41.1 Å². The molecule has 0 aromatic heterocycles. The fourth-order valence-electron chi connectivity index (χ4n) is 0.875. The van der Waals surface area contributed by atoms with Gasteiger partial charge < -0.3 is 10.6 Å². The summed E-state index contributed by atoms with van der Waals surface area (Å²) in [4.78, 5) is 11.3. The van der Waals surface area contributed by atoms with Gasteiger partial charge in [0.1, 0.15) is 0 Å². The van der Waals surface area contributed by atoms with Crippen LogP contribution in [0.15, 0.2) is 0 Å². The molecule has 0 aliphatic heterocycles. The number of carbonyl (C=O) groups excluding carboxylic acids is 1. The molecule has 3 heteroatoms. The van der Waals surface area contributed by atoms with Gasteiger partial charge in [-0.1, -0.05) is 12.8 Å². The summed E-state index contributed by atoms with van der Waals surface area (Å²) in [6, 6.07) is 0. The average molecular weight is 168 g/mol. The molecule has 1 amide bonds. The predicted octanol–water partition coefficient (Wildman–Crippen LogP) is 0.124. The number of hydrogen-bond acceptors (Lipinski definition) is 2. The molecule has 0 atom stereocenters. The molecule has 3 nitrogen and oxygen atoms in total. The van der Waals surface area contributed by atoms with Crippen molar-refractivity contribution in [2.75, 3.05) is 13.1 Å². The van der Waals surface area contributed by atoms with Crippen LogP contribution in [0.3, 0.4) is 0 Å². The largest absolute Gasteiger partial charge is 0.344 e. The normalized spacial score (nSPS) is 10.5. The molecule has 0 heterocycles. The van der Waals surface area contributed by atoms with Gasteiger partial charge in [-0.15, -0.1) is 6.42 Å². The SMILES string of the molecule is C#CCNC(=O)C(C)(C)NCC. The number of likely N-dealkylation sites (N-methyl/N-ethyl adjacent to an activating group) is 1. The Morgan fingerprint density at radius 1 is 1.58 bits per heavy atom. The smallest absolute Gasteiger partial charge is 0.240 e. The molecule has 0 fully saturated rings. The molecule has 0 aliphatic rings. The molecular weight excluding hydrogens is 152 g/mol. The van der Waals surface area contributed by atoms with E-state index in [4.69, 9.17) is 6.42 Å². The van der Waals surface area contributed by atoms with Gasteiger partial charge in [-0.3, -0.25) is 4.79 Å². The van der Waals surface area contributed by atoms with E-state index in [0.29, 0.717) is 0 Å². The van der Waals surface area contributed by atoms with Gasteiger partial charge in [0.25, 0.3) is 0 Å². The Kier molecular flexibility index (Phi) is 4.38. The summed E-state index contributed by atoms with van der Waals surface area (Å²) < 4.78 is 0. The Morgan fingerprint density at radius 2 is 2.17 bits per heavy atom. The van der Waals surface area contributed by atoms with Crippen molar-refractivity contribution in [3.63, 3.8) is 0 Å². The van der Waals surface area contributed by atoms with E-state index in [1.165, 1.54) is 0 Å². The standard InChI is InChI=1S/C9H16N2O/c1-5-7-10-8(12)9(3,4)11-6-2/h1,11H,6-7H2,2-4H3,(H,10,12). The minimum atomic E-state index is -0.536. The van der Waals surface area contributed by atoms with Crippen LogP contribution < -0.4 is 10.6 Å². The monoisotopic (exact) mass is 168 g/mol. The lowest BCUT2D eigenvalue weighted by Crippen LogP contribution is -2.52. The second kappa shape index (κ2) is 4.78. The van der Waals surface area contributed by atoms with E-state index in [1.807, 2.05) is 20.8 Å². The molecule has 0 bridgehead atoms. The molecule has 0 aliphatic carbocycles. The molecule has 0 unspecified atom stereocenters. The minimum Gasteiger partial charge on any atom is -0.344 e. The van der Waals surface area contributed by atoms with Crippen molar-refractivity contribution in [2.45, 2.75) is 26.3 Å². The fraction of sp³-hybridized carbons (Fsp3) is 0.667. The zero-order chi connectivity index (χ0) is 9.61. The molecular formula is C9H16N2O. The number of amides is 1. The number of terminal acetylenes is 1. The van der Waals surface area contributed by atoms with Crippen LogP contribution in [0.4, 0.5) is 0 Å². The predicted molar refractivity (Wildman–Crippen MR) is 49.6 cm³/mol. The maximum absolute atomic E-state index is 11.3. The van der Waals surface area contributed by atoms with Gasteiger partial charge in [0.05, 0.1) is 12.1 Å². The highest BCUT2D eigenvalue weighted by Gasteiger charge is 2.25. The van der Waals surface area contributed by atoms with E-state index in [2.05, 4.69) is 16.6 Å². The first-order chi connectivity index (χ1) is 5.54. The third kappa shape index (κ3) is 3.40. The lowest BCUT2D eigenvalue weighted by Gasteiger charge is -2.23. The second-order valence-electron chi connectivity index (χ2n) is 3.04. The van der Waals surface area contributed by atoms with Crippen LogP contribution in [0.1, 0.15) is 20.8 Å². The number of carbonyl (C=O) groups is 1. The van der Waals surface area contributed by atoms with Crippen LogP contribution in [0, 0.1) is 12.3 Å². The quantitative estimate of drug-likeness (QED) is 0.586. The van der Waals surface area contributed by atoms with Crippen molar-refractivity contribution in [3.8, 4) is 12.3 Å². The molecule has 0 aromatic carbocycles. The van der Waals surface area contributed by atoms with Gasteiger partial charge in [0, 0.05) is 0 Å². The van der Waals surface area contributed by atoms with Crippen LogP contribution in [0.5, 0.6) is 0 Å². The van der Waals surface area contributed by atoms with Crippen LogP contribution >= 0.6 is 0 Å². The van der Waals surface area contributed by atoms with E-state index >= 15 is 0 Å². The Labute approximate surface area is 73.9 Å². The van der Waals surface area contributed by atoms with Gasteiger partial charge in [-0.25, -0.2) is 0 Å². The molecule has 0 saturated carbocycles. The van der Waals surface area contributed by atoms with Crippen molar-refractivity contribution in [1.29, 1.82) is 0 Å². The molecule has 68 valence electrons. The van der Waals surface area contributed by atoms with Crippen molar-refractivity contribution in [3.05, 3.63) is 0 Å². The van der Waals surface area contributed by atoms with E-state index in [1.54, 1.807) is 0 Å².